The smallest absolute Gasteiger partial charge is 0.146 e. The van der Waals surface area contributed by atoms with E-state index in [-0.39, 0.29) is 5.82 Å². The summed E-state index contributed by atoms with van der Waals surface area (Å²) < 4.78 is 14.6. The third kappa shape index (κ3) is 2.39. The molecule has 1 aliphatic rings. The Balaban J connectivity index is 2.20. The van der Waals surface area contributed by atoms with Crippen LogP contribution in [0, 0.1) is 12.7 Å². The number of hydrogen-bond donors (Lipinski definition) is 0. The van der Waals surface area contributed by atoms with E-state index in [2.05, 4.69) is 25.9 Å². The van der Waals surface area contributed by atoms with E-state index in [9.17, 15) is 4.39 Å². The Hall–Kier alpha value is -1.000. The maximum Gasteiger partial charge on any atom is 0.146 e. The second-order valence-corrected chi connectivity index (χ2v) is 5.93. The van der Waals surface area contributed by atoms with Crippen molar-refractivity contribution >= 4 is 27.5 Å². The van der Waals surface area contributed by atoms with E-state index in [0.717, 1.165) is 18.7 Å². The van der Waals surface area contributed by atoms with E-state index in [0.29, 0.717) is 32.4 Å². The molecule has 3 rings (SSSR count). The maximum atomic E-state index is 14.2. The highest BCUT2D eigenvalue weighted by Crippen LogP contribution is 2.40. The molecule has 0 unspecified atom stereocenters. The highest BCUT2D eigenvalue weighted by Gasteiger charge is 2.28. The van der Waals surface area contributed by atoms with Gasteiger partial charge in [0.1, 0.15) is 16.8 Å². The molecule has 0 amide bonds. The quantitative estimate of drug-likeness (QED) is 0.727. The van der Waals surface area contributed by atoms with Gasteiger partial charge in [-0.3, -0.25) is 0 Å². The van der Waals surface area contributed by atoms with Crippen LogP contribution in [-0.2, 0) is 0 Å². The predicted octanol–water partition coefficient (Wildman–Crippen LogP) is 4.88. The van der Waals surface area contributed by atoms with Gasteiger partial charge in [0, 0.05) is 17.0 Å². The largest absolute Gasteiger partial charge is 0.232 e. The minimum Gasteiger partial charge on any atom is -0.232 e. The minimum atomic E-state index is -0.317. The lowest BCUT2D eigenvalue weighted by Crippen LogP contribution is -2.01. The predicted molar refractivity (Wildman–Crippen MR) is 76.8 cm³/mol. The molecule has 0 bridgehead atoms. The summed E-state index contributed by atoms with van der Waals surface area (Å²) in [7, 11) is 0. The lowest BCUT2D eigenvalue weighted by molar-refractivity contribution is 0.623. The Morgan fingerprint density at radius 2 is 2.05 bits per heavy atom. The van der Waals surface area contributed by atoms with Gasteiger partial charge in [0.05, 0.1) is 10.2 Å². The molecule has 0 N–H and O–H groups in total. The highest BCUT2D eigenvalue weighted by atomic mass is 79.9. The van der Waals surface area contributed by atoms with Gasteiger partial charge < -0.3 is 0 Å². The summed E-state index contributed by atoms with van der Waals surface area (Å²) in [5.41, 5.74) is 1.75. The SMILES string of the molecule is Cc1c(Cl)nc(C2CC2)nc1-c1cccc(Br)c1F. The molecule has 2 aromatic rings. The first-order valence-corrected chi connectivity index (χ1v) is 7.23. The number of nitrogens with zero attached hydrogens (tertiary/aromatic N) is 2. The number of benzene rings is 1. The van der Waals surface area contributed by atoms with Gasteiger partial charge >= 0.3 is 0 Å². The van der Waals surface area contributed by atoms with Crippen LogP contribution >= 0.6 is 27.5 Å². The monoisotopic (exact) mass is 340 g/mol. The number of halogens is 3. The van der Waals surface area contributed by atoms with Crippen LogP contribution in [0.15, 0.2) is 22.7 Å². The van der Waals surface area contributed by atoms with Crippen molar-refractivity contribution in [2.24, 2.45) is 0 Å². The van der Waals surface area contributed by atoms with Gasteiger partial charge in [0.2, 0.25) is 0 Å². The molecule has 1 aliphatic carbocycles. The second kappa shape index (κ2) is 4.84. The lowest BCUT2D eigenvalue weighted by Gasteiger charge is -2.10. The fourth-order valence-electron chi connectivity index (χ4n) is 1.98. The van der Waals surface area contributed by atoms with E-state index in [4.69, 9.17) is 11.6 Å². The number of aromatic nitrogens is 2. The van der Waals surface area contributed by atoms with E-state index in [1.165, 1.54) is 0 Å². The third-order valence-electron chi connectivity index (χ3n) is 3.25. The summed E-state index contributed by atoms with van der Waals surface area (Å²) in [6, 6.07) is 5.16. The van der Waals surface area contributed by atoms with Crippen LogP contribution in [0.2, 0.25) is 5.15 Å². The molecular formula is C14H11BrClFN2. The van der Waals surface area contributed by atoms with Crippen molar-refractivity contribution in [2.45, 2.75) is 25.7 Å². The molecule has 2 nitrogen and oxygen atoms in total. The molecule has 0 saturated heterocycles. The van der Waals surface area contributed by atoms with Crippen LogP contribution in [-0.4, -0.2) is 9.97 Å². The van der Waals surface area contributed by atoms with Gasteiger partial charge in [0.25, 0.3) is 0 Å². The number of hydrogen-bond acceptors (Lipinski definition) is 2. The Labute approximate surface area is 124 Å². The topological polar surface area (TPSA) is 25.8 Å². The van der Waals surface area contributed by atoms with Crippen molar-refractivity contribution in [1.82, 2.24) is 9.97 Å². The van der Waals surface area contributed by atoms with Gasteiger partial charge in [-0.05, 0) is 47.8 Å². The zero-order chi connectivity index (χ0) is 13.6. The van der Waals surface area contributed by atoms with Crippen molar-refractivity contribution < 1.29 is 4.39 Å². The molecule has 19 heavy (non-hydrogen) atoms. The Morgan fingerprint density at radius 3 is 2.74 bits per heavy atom. The van der Waals surface area contributed by atoms with Crippen molar-refractivity contribution in [3.05, 3.63) is 45.0 Å². The first-order chi connectivity index (χ1) is 9.08. The molecule has 1 aromatic heterocycles. The zero-order valence-electron chi connectivity index (χ0n) is 10.3. The second-order valence-electron chi connectivity index (χ2n) is 4.72. The summed E-state index contributed by atoms with van der Waals surface area (Å²) in [6.45, 7) is 1.81. The normalized spacial score (nSPS) is 14.7. The summed E-state index contributed by atoms with van der Waals surface area (Å²) in [6.07, 6.45) is 2.17. The van der Waals surface area contributed by atoms with Crippen molar-refractivity contribution in [3.63, 3.8) is 0 Å². The molecular weight excluding hydrogens is 331 g/mol. The Kier molecular flexibility index (Phi) is 3.31. The molecule has 1 saturated carbocycles. The molecule has 1 fully saturated rings. The zero-order valence-corrected chi connectivity index (χ0v) is 12.6. The highest BCUT2D eigenvalue weighted by molar-refractivity contribution is 9.10. The van der Waals surface area contributed by atoms with E-state index in [1.54, 1.807) is 18.2 Å². The fraction of sp³-hybridized carbons (Fsp3) is 0.286. The van der Waals surface area contributed by atoms with Crippen LogP contribution in [0.25, 0.3) is 11.3 Å². The van der Waals surface area contributed by atoms with Crippen LogP contribution < -0.4 is 0 Å². The maximum absolute atomic E-state index is 14.2. The third-order valence-corrected chi connectivity index (χ3v) is 4.23. The summed E-state index contributed by atoms with van der Waals surface area (Å²) in [4.78, 5) is 8.80. The van der Waals surface area contributed by atoms with E-state index >= 15 is 0 Å². The molecule has 98 valence electrons. The molecule has 5 heteroatoms. The summed E-state index contributed by atoms with van der Waals surface area (Å²) in [5.74, 6) is 0.791. The molecule has 0 radical (unpaired) electrons. The van der Waals surface area contributed by atoms with Crippen molar-refractivity contribution in [2.75, 3.05) is 0 Å². The van der Waals surface area contributed by atoms with Gasteiger partial charge in [-0.1, -0.05) is 17.7 Å². The van der Waals surface area contributed by atoms with Gasteiger partial charge in [-0.25, -0.2) is 14.4 Å². The molecule has 0 atom stereocenters. The molecule has 1 heterocycles. The van der Waals surface area contributed by atoms with Crippen molar-refractivity contribution in [3.8, 4) is 11.3 Å². The minimum absolute atomic E-state index is 0.317. The molecule has 1 aromatic carbocycles. The van der Waals surface area contributed by atoms with Gasteiger partial charge in [-0.2, -0.15) is 0 Å². The average Bonchev–Trinajstić information content (AvgIpc) is 3.20. The lowest BCUT2D eigenvalue weighted by atomic mass is 10.1. The summed E-state index contributed by atoms with van der Waals surface area (Å²) >= 11 is 9.34. The number of rotatable bonds is 2. The van der Waals surface area contributed by atoms with Gasteiger partial charge in [-0.15, -0.1) is 0 Å². The van der Waals surface area contributed by atoms with Crippen LogP contribution in [0.4, 0.5) is 4.39 Å². The first-order valence-electron chi connectivity index (χ1n) is 6.06. The van der Waals surface area contributed by atoms with Gasteiger partial charge in [0.15, 0.2) is 0 Å². The Morgan fingerprint density at radius 1 is 1.32 bits per heavy atom. The average molecular weight is 342 g/mol. The molecule has 0 aliphatic heterocycles. The fourth-order valence-corrected chi connectivity index (χ4v) is 2.52. The van der Waals surface area contributed by atoms with E-state index < -0.39 is 0 Å². The van der Waals surface area contributed by atoms with Crippen molar-refractivity contribution in [1.29, 1.82) is 0 Å². The van der Waals surface area contributed by atoms with Crippen LogP contribution in [0.1, 0.15) is 30.1 Å². The first kappa shape index (κ1) is 13.0. The van der Waals surface area contributed by atoms with Crippen LogP contribution in [0.5, 0.6) is 0 Å². The summed E-state index contributed by atoms with van der Waals surface area (Å²) in [5, 5.41) is 0.409. The van der Waals surface area contributed by atoms with E-state index in [1.807, 2.05) is 6.92 Å². The molecule has 0 spiro atoms. The standard InChI is InChI=1S/C14H11BrClFN2/c1-7-12(9-3-2-4-10(15)11(9)17)18-14(8-5-6-8)19-13(7)16/h2-4,8H,5-6H2,1H3. The Bertz CT molecular complexity index is 656. The van der Waals surface area contributed by atoms with Crippen LogP contribution in [0.3, 0.4) is 0 Å².